The maximum absolute atomic E-state index is 12.8. The predicted molar refractivity (Wildman–Crippen MR) is 92.2 cm³/mol. The molecule has 0 N–H and O–H groups in total. The monoisotopic (exact) mass is 346 g/mol. The fourth-order valence-corrected chi connectivity index (χ4v) is 3.62. The van der Waals surface area contributed by atoms with Gasteiger partial charge in [-0.15, -0.1) is 12.4 Å². The number of aromatic nitrogens is 1. The summed E-state index contributed by atoms with van der Waals surface area (Å²) in [4.78, 5) is 19.1. The molecular weight excluding hydrogens is 328 g/mol. The summed E-state index contributed by atoms with van der Waals surface area (Å²) in [6.07, 6.45) is 3.32. The molecule has 1 aromatic carbocycles. The van der Waals surface area contributed by atoms with Crippen molar-refractivity contribution >= 4 is 18.3 Å². The Labute approximate surface area is 147 Å². The summed E-state index contributed by atoms with van der Waals surface area (Å²) in [5.41, 5.74) is 3.96. The van der Waals surface area contributed by atoms with Gasteiger partial charge in [-0.2, -0.15) is 0 Å². The molecule has 4 rings (SSSR count). The number of benzene rings is 1. The van der Waals surface area contributed by atoms with Crippen LogP contribution in [0.25, 0.3) is 0 Å². The van der Waals surface area contributed by atoms with Gasteiger partial charge in [0.25, 0.3) is 5.91 Å². The molecule has 0 spiro atoms. The average Bonchev–Trinajstić information content (AvgIpc) is 2.60. The zero-order valence-corrected chi connectivity index (χ0v) is 14.4. The van der Waals surface area contributed by atoms with Gasteiger partial charge in [-0.1, -0.05) is 0 Å². The Bertz CT molecular complexity index is 794. The first kappa shape index (κ1) is 16.6. The number of halogens is 1. The zero-order valence-electron chi connectivity index (χ0n) is 13.6. The molecule has 5 nitrogen and oxygen atoms in total. The van der Waals surface area contributed by atoms with Gasteiger partial charge in [0, 0.05) is 19.2 Å². The normalized spacial score (nSPS) is 18.0. The van der Waals surface area contributed by atoms with Crippen LogP contribution in [0.1, 0.15) is 33.2 Å². The second kappa shape index (κ2) is 6.32. The molecule has 0 fully saturated rings. The first-order valence-corrected chi connectivity index (χ1v) is 7.72. The third-order valence-electron chi connectivity index (χ3n) is 4.77. The van der Waals surface area contributed by atoms with Gasteiger partial charge in [0.15, 0.2) is 11.5 Å². The van der Waals surface area contributed by atoms with Crippen molar-refractivity contribution < 1.29 is 14.3 Å². The maximum Gasteiger partial charge on any atom is 0.256 e. The van der Waals surface area contributed by atoms with Crippen molar-refractivity contribution in [3.05, 3.63) is 52.8 Å². The first-order valence-electron chi connectivity index (χ1n) is 7.72. The van der Waals surface area contributed by atoms with Crippen LogP contribution in [0, 0.1) is 0 Å². The quantitative estimate of drug-likeness (QED) is 0.839. The number of pyridine rings is 1. The number of carbonyl (C=O) groups excluding carboxylic acids is 1. The van der Waals surface area contributed by atoms with Gasteiger partial charge in [0.1, 0.15) is 0 Å². The van der Waals surface area contributed by atoms with Crippen LogP contribution in [0.4, 0.5) is 0 Å². The Morgan fingerprint density at radius 2 is 1.96 bits per heavy atom. The minimum atomic E-state index is 0. The molecule has 2 aliphatic rings. The van der Waals surface area contributed by atoms with Crippen molar-refractivity contribution in [2.45, 2.75) is 18.9 Å². The number of fused-ring (bicyclic) bond motifs is 4. The lowest BCUT2D eigenvalue weighted by atomic mass is 9.85. The summed E-state index contributed by atoms with van der Waals surface area (Å²) in [7, 11) is 3.28. The Morgan fingerprint density at radius 1 is 1.21 bits per heavy atom. The standard InChI is InChI=1S/C18H18N2O3.ClH/c1-22-16-8-11-5-7-20-15(13(11)9-17(16)23-2)10-14-12(18(20)21)4-3-6-19-14;/h3-4,6,8-9,15H,5,7,10H2,1-2H3;1H. The summed E-state index contributed by atoms with van der Waals surface area (Å²) in [5.74, 6) is 1.51. The van der Waals surface area contributed by atoms with Crippen LogP contribution in [-0.2, 0) is 12.8 Å². The lowest BCUT2D eigenvalue weighted by Gasteiger charge is -2.41. The van der Waals surface area contributed by atoms with Crippen molar-refractivity contribution in [1.82, 2.24) is 9.88 Å². The molecule has 1 aromatic heterocycles. The van der Waals surface area contributed by atoms with E-state index in [9.17, 15) is 4.79 Å². The SMILES string of the molecule is COc1cc2c(cc1OC)C1Cc3ncccc3C(=O)N1CC2.Cl. The summed E-state index contributed by atoms with van der Waals surface area (Å²) in [5, 5.41) is 0. The van der Waals surface area contributed by atoms with Crippen LogP contribution in [0.2, 0.25) is 0 Å². The highest BCUT2D eigenvalue weighted by molar-refractivity contribution is 5.96. The summed E-state index contributed by atoms with van der Waals surface area (Å²) < 4.78 is 10.8. The molecule has 0 saturated carbocycles. The van der Waals surface area contributed by atoms with E-state index in [1.165, 1.54) is 5.56 Å². The van der Waals surface area contributed by atoms with E-state index >= 15 is 0 Å². The predicted octanol–water partition coefficient (Wildman–Crippen LogP) is 2.82. The van der Waals surface area contributed by atoms with Crippen LogP contribution < -0.4 is 9.47 Å². The number of amides is 1. The lowest BCUT2D eigenvalue weighted by molar-refractivity contribution is 0.0628. The van der Waals surface area contributed by atoms with Crippen LogP contribution in [0.3, 0.4) is 0 Å². The molecule has 1 atom stereocenters. The van der Waals surface area contributed by atoms with E-state index in [-0.39, 0.29) is 24.4 Å². The van der Waals surface area contributed by atoms with Gasteiger partial charge in [0.05, 0.1) is 31.5 Å². The molecule has 1 amide bonds. The second-order valence-corrected chi connectivity index (χ2v) is 5.87. The topological polar surface area (TPSA) is 51.7 Å². The molecule has 2 aromatic rings. The minimum Gasteiger partial charge on any atom is -0.493 e. The molecule has 0 saturated heterocycles. The van der Waals surface area contributed by atoms with Gasteiger partial charge < -0.3 is 14.4 Å². The van der Waals surface area contributed by atoms with Gasteiger partial charge >= 0.3 is 0 Å². The molecule has 0 bridgehead atoms. The molecule has 24 heavy (non-hydrogen) atoms. The highest BCUT2D eigenvalue weighted by atomic mass is 35.5. The molecule has 126 valence electrons. The van der Waals surface area contributed by atoms with Gasteiger partial charge in [0.2, 0.25) is 0 Å². The van der Waals surface area contributed by atoms with Crippen LogP contribution >= 0.6 is 12.4 Å². The number of ether oxygens (including phenoxy) is 2. The summed E-state index contributed by atoms with van der Waals surface area (Å²) in [6, 6.07) is 7.75. The van der Waals surface area contributed by atoms with E-state index in [1.807, 2.05) is 29.2 Å². The van der Waals surface area contributed by atoms with Crippen molar-refractivity contribution in [2.75, 3.05) is 20.8 Å². The molecule has 6 heteroatoms. The molecule has 3 heterocycles. The maximum atomic E-state index is 12.8. The Morgan fingerprint density at radius 3 is 2.71 bits per heavy atom. The molecule has 0 aliphatic carbocycles. The fourth-order valence-electron chi connectivity index (χ4n) is 3.62. The molecule has 2 aliphatic heterocycles. The lowest BCUT2D eigenvalue weighted by Crippen LogP contribution is -2.44. The molecule has 1 unspecified atom stereocenters. The number of hydrogen-bond acceptors (Lipinski definition) is 4. The number of carbonyl (C=O) groups is 1. The Balaban J connectivity index is 0.00000169. The summed E-state index contributed by atoms with van der Waals surface area (Å²) in [6.45, 7) is 0.723. The first-order chi connectivity index (χ1) is 11.2. The van der Waals surface area contributed by atoms with E-state index in [4.69, 9.17) is 9.47 Å². The number of methoxy groups -OCH3 is 2. The van der Waals surface area contributed by atoms with E-state index < -0.39 is 0 Å². The van der Waals surface area contributed by atoms with E-state index in [0.29, 0.717) is 5.75 Å². The fraction of sp³-hybridized carbons (Fsp3) is 0.333. The Kier molecular flexibility index (Phi) is 4.37. The van der Waals surface area contributed by atoms with Gasteiger partial charge in [-0.05, 0) is 41.8 Å². The highest BCUT2D eigenvalue weighted by Crippen LogP contribution is 2.41. The largest absolute Gasteiger partial charge is 0.493 e. The highest BCUT2D eigenvalue weighted by Gasteiger charge is 2.37. The van der Waals surface area contributed by atoms with E-state index in [2.05, 4.69) is 4.98 Å². The van der Waals surface area contributed by atoms with Gasteiger partial charge in [-0.25, -0.2) is 0 Å². The van der Waals surface area contributed by atoms with Crippen LogP contribution in [0.15, 0.2) is 30.5 Å². The van der Waals surface area contributed by atoms with Crippen molar-refractivity contribution in [2.24, 2.45) is 0 Å². The van der Waals surface area contributed by atoms with Gasteiger partial charge in [-0.3, -0.25) is 9.78 Å². The number of nitrogens with zero attached hydrogens (tertiary/aromatic N) is 2. The average molecular weight is 347 g/mol. The summed E-state index contributed by atoms with van der Waals surface area (Å²) >= 11 is 0. The second-order valence-electron chi connectivity index (χ2n) is 5.87. The third kappa shape index (κ3) is 2.40. The zero-order chi connectivity index (χ0) is 16.0. The Hall–Kier alpha value is -2.27. The number of rotatable bonds is 2. The van der Waals surface area contributed by atoms with Crippen molar-refractivity contribution in [3.63, 3.8) is 0 Å². The van der Waals surface area contributed by atoms with E-state index in [1.54, 1.807) is 20.4 Å². The smallest absolute Gasteiger partial charge is 0.256 e. The van der Waals surface area contributed by atoms with Crippen LogP contribution in [-0.4, -0.2) is 36.6 Å². The third-order valence-corrected chi connectivity index (χ3v) is 4.77. The van der Waals surface area contributed by atoms with Crippen molar-refractivity contribution in [3.8, 4) is 11.5 Å². The number of hydrogen-bond donors (Lipinski definition) is 0. The molecular formula is C18H19ClN2O3. The van der Waals surface area contributed by atoms with Crippen molar-refractivity contribution in [1.29, 1.82) is 0 Å². The van der Waals surface area contributed by atoms with E-state index in [0.717, 1.165) is 42.0 Å². The minimum absolute atomic E-state index is 0. The van der Waals surface area contributed by atoms with Crippen LogP contribution in [0.5, 0.6) is 11.5 Å². The molecule has 0 radical (unpaired) electrons.